The van der Waals surface area contributed by atoms with Crippen molar-refractivity contribution in [1.29, 1.82) is 0 Å². The molecule has 84 valence electrons. The Morgan fingerprint density at radius 1 is 1.67 bits per heavy atom. The molecular weight excluding hydrogens is 222 g/mol. The Morgan fingerprint density at radius 3 is 2.80 bits per heavy atom. The molecule has 0 aliphatic heterocycles. The van der Waals surface area contributed by atoms with Crippen molar-refractivity contribution in [2.45, 2.75) is 6.92 Å². The van der Waals surface area contributed by atoms with E-state index in [4.69, 9.17) is 5.14 Å². The third-order valence-electron chi connectivity index (χ3n) is 1.67. The summed E-state index contributed by atoms with van der Waals surface area (Å²) in [6.07, 6.45) is 1.27. The average molecular weight is 233 g/mol. The number of aromatic nitrogens is 1. The van der Waals surface area contributed by atoms with Gasteiger partial charge in [0.2, 0.25) is 10.0 Å². The van der Waals surface area contributed by atoms with Gasteiger partial charge in [-0.15, -0.1) is 0 Å². The number of nitrogens with one attached hydrogen (secondary N) is 1. The second-order valence-electron chi connectivity index (χ2n) is 2.92. The highest BCUT2D eigenvalue weighted by Crippen LogP contribution is 2.04. The number of sulfonamides is 1. The molecule has 0 saturated heterocycles. The number of amides is 1. The first kappa shape index (κ1) is 11.7. The molecule has 0 bridgehead atoms. The molecule has 0 radical (unpaired) electrons. The average Bonchev–Trinajstić information content (AvgIpc) is 2.48. The van der Waals surface area contributed by atoms with Crippen LogP contribution in [0.2, 0.25) is 0 Å². The number of carbonyl (C=O) groups is 1. The number of nitrogens with two attached hydrogens (primary N) is 1. The molecule has 1 amide bonds. The van der Waals surface area contributed by atoms with Gasteiger partial charge in [-0.1, -0.05) is 5.16 Å². The Bertz CT molecular complexity index is 451. The molecule has 3 N–H and O–H groups in total. The summed E-state index contributed by atoms with van der Waals surface area (Å²) < 4.78 is 25.8. The van der Waals surface area contributed by atoms with Crippen molar-refractivity contribution in [2.24, 2.45) is 5.14 Å². The zero-order valence-electron chi connectivity index (χ0n) is 8.06. The number of hydrogen-bond donors (Lipinski definition) is 2. The molecule has 8 heteroatoms. The molecule has 0 atom stereocenters. The highest BCUT2D eigenvalue weighted by atomic mass is 32.2. The van der Waals surface area contributed by atoms with E-state index < -0.39 is 15.9 Å². The molecule has 0 fully saturated rings. The van der Waals surface area contributed by atoms with Crippen molar-refractivity contribution < 1.29 is 17.7 Å². The van der Waals surface area contributed by atoms with Gasteiger partial charge >= 0.3 is 0 Å². The van der Waals surface area contributed by atoms with E-state index >= 15 is 0 Å². The molecule has 1 rings (SSSR count). The van der Waals surface area contributed by atoms with Crippen LogP contribution in [-0.4, -0.2) is 31.8 Å². The molecule has 1 aromatic heterocycles. The molecule has 15 heavy (non-hydrogen) atoms. The van der Waals surface area contributed by atoms with Crippen LogP contribution in [0.4, 0.5) is 0 Å². The lowest BCUT2D eigenvalue weighted by atomic mass is 10.2. The van der Waals surface area contributed by atoms with E-state index in [-0.39, 0.29) is 17.9 Å². The Labute approximate surface area is 86.7 Å². The van der Waals surface area contributed by atoms with Gasteiger partial charge in [-0.05, 0) is 6.92 Å². The zero-order chi connectivity index (χ0) is 11.5. The van der Waals surface area contributed by atoms with Gasteiger partial charge in [0.05, 0.1) is 11.9 Å². The summed E-state index contributed by atoms with van der Waals surface area (Å²) >= 11 is 0. The Morgan fingerprint density at radius 2 is 2.33 bits per heavy atom. The molecule has 1 heterocycles. The SMILES string of the molecule is Cc1oncc1C(=O)NCCS(N)(=O)=O. The van der Waals surface area contributed by atoms with E-state index in [1.165, 1.54) is 6.20 Å². The van der Waals surface area contributed by atoms with Crippen LogP contribution in [0.1, 0.15) is 16.1 Å². The predicted octanol–water partition coefficient (Wildman–Crippen LogP) is -0.999. The van der Waals surface area contributed by atoms with Crippen LogP contribution in [0.3, 0.4) is 0 Å². The van der Waals surface area contributed by atoms with E-state index in [1.54, 1.807) is 6.92 Å². The van der Waals surface area contributed by atoms with Gasteiger partial charge in [-0.2, -0.15) is 0 Å². The molecule has 0 aliphatic carbocycles. The van der Waals surface area contributed by atoms with E-state index in [0.717, 1.165) is 0 Å². The number of hydrogen-bond acceptors (Lipinski definition) is 5. The van der Waals surface area contributed by atoms with Crippen molar-refractivity contribution in [3.63, 3.8) is 0 Å². The van der Waals surface area contributed by atoms with Crippen molar-refractivity contribution >= 4 is 15.9 Å². The van der Waals surface area contributed by atoms with Crippen LogP contribution >= 0.6 is 0 Å². The van der Waals surface area contributed by atoms with Gasteiger partial charge in [-0.3, -0.25) is 4.79 Å². The monoisotopic (exact) mass is 233 g/mol. The summed E-state index contributed by atoms with van der Waals surface area (Å²) in [5.74, 6) is -0.358. The summed E-state index contributed by atoms with van der Waals surface area (Å²) in [4.78, 5) is 11.4. The Hall–Kier alpha value is -1.41. The van der Waals surface area contributed by atoms with Gasteiger partial charge in [0.15, 0.2) is 0 Å². The van der Waals surface area contributed by atoms with E-state index in [1.807, 2.05) is 0 Å². The summed E-state index contributed by atoms with van der Waals surface area (Å²) in [7, 11) is -3.55. The maximum Gasteiger partial charge on any atom is 0.256 e. The number of primary sulfonamides is 1. The lowest BCUT2D eigenvalue weighted by Crippen LogP contribution is -2.31. The van der Waals surface area contributed by atoms with Crippen molar-refractivity contribution in [1.82, 2.24) is 10.5 Å². The minimum absolute atomic E-state index is 0.0394. The van der Waals surface area contributed by atoms with Gasteiger partial charge in [0.1, 0.15) is 11.3 Å². The van der Waals surface area contributed by atoms with Crippen LogP contribution in [0.15, 0.2) is 10.7 Å². The first-order valence-electron chi connectivity index (χ1n) is 4.10. The fourth-order valence-electron chi connectivity index (χ4n) is 0.919. The topological polar surface area (TPSA) is 115 Å². The quantitative estimate of drug-likeness (QED) is 0.692. The van der Waals surface area contributed by atoms with Crippen LogP contribution in [0, 0.1) is 6.92 Å². The highest BCUT2D eigenvalue weighted by molar-refractivity contribution is 7.89. The van der Waals surface area contributed by atoms with E-state index in [9.17, 15) is 13.2 Å². The molecule has 0 aromatic carbocycles. The molecule has 0 spiro atoms. The summed E-state index contributed by atoms with van der Waals surface area (Å²) in [5.41, 5.74) is 0.282. The summed E-state index contributed by atoms with van der Waals surface area (Å²) in [6, 6.07) is 0. The minimum atomic E-state index is -3.55. The maximum absolute atomic E-state index is 11.4. The molecule has 1 aromatic rings. The van der Waals surface area contributed by atoms with Crippen LogP contribution in [0.5, 0.6) is 0 Å². The van der Waals surface area contributed by atoms with E-state index in [2.05, 4.69) is 15.0 Å². The van der Waals surface area contributed by atoms with Gasteiger partial charge in [0, 0.05) is 6.54 Å². The first-order chi connectivity index (χ1) is 6.90. The second-order valence-corrected chi connectivity index (χ2v) is 4.65. The predicted molar refractivity (Wildman–Crippen MR) is 51.5 cm³/mol. The van der Waals surface area contributed by atoms with Crippen LogP contribution < -0.4 is 10.5 Å². The smallest absolute Gasteiger partial charge is 0.256 e. The number of carbonyl (C=O) groups excluding carboxylic acids is 1. The second kappa shape index (κ2) is 4.41. The number of rotatable bonds is 4. The Kier molecular flexibility index (Phi) is 3.43. The van der Waals surface area contributed by atoms with Gasteiger partial charge < -0.3 is 9.84 Å². The standard InChI is InChI=1S/C7H11N3O4S/c1-5-6(4-10-14-5)7(11)9-2-3-15(8,12)13/h4H,2-3H2,1H3,(H,9,11)(H2,8,12,13). The normalized spacial score (nSPS) is 11.3. The fraction of sp³-hybridized carbons (Fsp3) is 0.429. The summed E-state index contributed by atoms with van der Waals surface area (Å²) in [5, 5.41) is 10.6. The van der Waals surface area contributed by atoms with Crippen molar-refractivity contribution in [2.75, 3.05) is 12.3 Å². The van der Waals surface area contributed by atoms with Crippen LogP contribution in [-0.2, 0) is 10.0 Å². The highest BCUT2D eigenvalue weighted by Gasteiger charge is 2.12. The maximum atomic E-state index is 11.4. The third-order valence-corrected chi connectivity index (χ3v) is 2.44. The zero-order valence-corrected chi connectivity index (χ0v) is 8.87. The third kappa shape index (κ3) is 3.68. The molecule has 0 saturated carbocycles. The Balaban J connectivity index is 2.48. The molecular formula is C7H11N3O4S. The minimum Gasteiger partial charge on any atom is -0.361 e. The largest absolute Gasteiger partial charge is 0.361 e. The van der Waals surface area contributed by atoms with Gasteiger partial charge in [0.25, 0.3) is 5.91 Å². The van der Waals surface area contributed by atoms with Crippen molar-refractivity contribution in [3.8, 4) is 0 Å². The molecule has 7 nitrogen and oxygen atoms in total. The number of nitrogens with zero attached hydrogens (tertiary/aromatic N) is 1. The van der Waals surface area contributed by atoms with E-state index in [0.29, 0.717) is 5.76 Å². The molecule has 0 aliphatic rings. The fourth-order valence-corrected chi connectivity index (χ4v) is 1.31. The number of aryl methyl sites for hydroxylation is 1. The van der Waals surface area contributed by atoms with Crippen molar-refractivity contribution in [3.05, 3.63) is 17.5 Å². The summed E-state index contributed by atoms with van der Waals surface area (Å²) in [6.45, 7) is 1.55. The molecule has 0 unspecified atom stereocenters. The lowest BCUT2D eigenvalue weighted by Gasteiger charge is -2.01. The lowest BCUT2D eigenvalue weighted by molar-refractivity contribution is 0.0954. The van der Waals surface area contributed by atoms with Gasteiger partial charge in [-0.25, -0.2) is 13.6 Å². The van der Waals surface area contributed by atoms with Crippen LogP contribution in [0.25, 0.3) is 0 Å². The first-order valence-corrected chi connectivity index (χ1v) is 5.81.